The van der Waals surface area contributed by atoms with Gasteiger partial charge in [-0.05, 0) is 13.3 Å². The van der Waals surface area contributed by atoms with Gasteiger partial charge in [0.25, 0.3) is 0 Å². The van der Waals surface area contributed by atoms with Crippen molar-refractivity contribution in [1.29, 1.82) is 0 Å². The molecule has 1 aromatic heterocycles. The topological polar surface area (TPSA) is 80.2 Å². The van der Waals surface area contributed by atoms with Crippen LogP contribution in [0.15, 0.2) is 0 Å². The monoisotopic (exact) mass is 244 g/mol. The smallest absolute Gasteiger partial charge is 0.243 e. The first-order chi connectivity index (χ1) is 7.66. The Kier molecular flexibility index (Phi) is 3.52. The largest absolute Gasteiger partial charge is 0.391 e. The number of halogens is 1. The predicted molar refractivity (Wildman–Crippen MR) is 58.4 cm³/mol. The fourth-order valence-corrected chi connectivity index (χ4v) is 1.56. The lowest BCUT2D eigenvalue weighted by Crippen LogP contribution is -2.42. The van der Waals surface area contributed by atoms with Crippen molar-refractivity contribution in [3.8, 4) is 0 Å². The molecule has 1 saturated heterocycles. The van der Waals surface area contributed by atoms with Gasteiger partial charge in [-0.15, -0.1) is 10.2 Å². The second kappa shape index (κ2) is 4.90. The van der Waals surface area contributed by atoms with E-state index in [0.29, 0.717) is 31.3 Å². The van der Waals surface area contributed by atoms with Gasteiger partial charge in [-0.2, -0.15) is 0 Å². The minimum atomic E-state index is -0.451. The van der Waals surface area contributed by atoms with E-state index < -0.39 is 6.10 Å². The lowest BCUT2D eigenvalue weighted by Gasteiger charge is -2.28. The van der Waals surface area contributed by atoms with Crippen LogP contribution in [0.1, 0.15) is 12.1 Å². The highest BCUT2D eigenvalue weighted by atomic mass is 35.5. The molecule has 2 heterocycles. The number of ether oxygens (including phenoxy) is 1. The van der Waals surface area contributed by atoms with Gasteiger partial charge in [0.2, 0.25) is 5.95 Å². The third kappa shape index (κ3) is 2.58. The molecule has 1 fully saturated rings. The van der Waals surface area contributed by atoms with Gasteiger partial charge >= 0.3 is 0 Å². The third-order valence-corrected chi connectivity index (χ3v) is 2.79. The van der Waals surface area contributed by atoms with Gasteiger partial charge in [-0.1, -0.05) is 11.6 Å². The van der Waals surface area contributed by atoms with E-state index in [2.05, 4.69) is 20.5 Å². The van der Waals surface area contributed by atoms with Gasteiger partial charge in [0.15, 0.2) is 5.15 Å². The summed E-state index contributed by atoms with van der Waals surface area (Å²) in [5.41, 5.74) is 0.602. The van der Waals surface area contributed by atoms with E-state index in [-0.39, 0.29) is 11.2 Å². The first-order valence-corrected chi connectivity index (χ1v) is 5.44. The van der Waals surface area contributed by atoms with E-state index in [9.17, 15) is 5.11 Å². The zero-order valence-corrected chi connectivity index (χ0v) is 9.61. The average Bonchev–Trinajstić information content (AvgIpc) is 2.27. The van der Waals surface area contributed by atoms with E-state index in [1.54, 1.807) is 6.92 Å². The molecule has 7 heteroatoms. The summed E-state index contributed by atoms with van der Waals surface area (Å²) in [6.45, 7) is 2.76. The molecule has 0 amide bonds. The molecule has 0 saturated carbocycles. The van der Waals surface area contributed by atoms with Crippen LogP contribution in [0.3, 0.4) is 0 Å². The fraction of sp³-hybridized carbons (Fsp3) is 0.667. The van der Waals surface area contributed by atoms with Crippen molar-refractivity contribution in [2.75, 3.05) is 18.5 Å². The predicted octanol–water partition coefficient (Wildman–Crippen LogP) is 0.395. The average molecular weight is 245 g/mol. The lowest BCUT2D eigenvalue weighted by molar-refractivity contribution is 0.00290. The molecule has 0 bridgehead atoms. The Balaban J connectivity index is 2.05. The van der Waals surface area contributed by atoms with Crippen LogP contribution in [0.5, 0.6) is 0 Å². The van der Waals surface area contributed by atoms with Gasteiger partial charge in [-0.25, -0.2) is 4.98 Å². The summed E-state index contributed by atoms with van der Waals surface area (Å²) in [6.07, 6.45) is 0.158. The molecule has 0 aliphatic carbocycles. The van der Waals surface area contributed by atoms with Gasteiger partial charge in [0.1, 0.15) is 0 Å². The molecule has 2 atom stereocenters. The van der Waals surface area contributed by atoms with E-state index in [0.717, 1.165) is 0 Å². The van der Waals surface area contributed by atoms with Gasteiger partial charge in [0.05, 0.1) is 24.4 Å². The summed E-state index contributed by atoms with van der Waals surface area (Å²) < 4.78 is 5.25. The van der Waals surface area contributed by atoms with Crippen LogP contribution < -0.4 is 5.32 Å². The molecule has 0 radical (unpaired) electrons. The molecule has 88 valence electrons. The Morgan fingerprint density at radius 2 is 2.31 bits per heavy atom. The van der Waals surface area contributed by atoms with Crippen molar-refractivity contribution in [2.45, 2.75) is 25.5 Å². The summed E-state index contributed by atoms with van der Waals surface area (Å²) in [5.74, 6) is 0.358. The number of hydrogen-bond donors (Lipinski definition) is 2. The summed E-state index contributed by atoms with van der Waals surface area (Å²) in [5, 5.41) is 20.5. The van der Waals surface area contributed by atoms with E-state index in [1.165, 1.54) is 0 Å². The Labute approximate surface area is 98.0 Å². The van der Waals surface area contributed by atoms with Gasteiger partial charge < -0.3 is 15.2 Å². The highest BCUT2D eigenvalue weighted by Gasteiger charge is 2.24. The van der Waals surface area contributed by atoms with Crippen molar-refractivity contribution in [3.63, 3.8) is 0 Å². The second-order valence-corrected chi connectivity index (χ2v) is 4.05. The zero-order chi connectivity index (χ0) is 11.5. The molecule has 1 aromatic rings. The normalized spacial score (nSPS) is 25.4. The van der Waals surface area contributed by atoms with Crippen molar-refractivity contribution < 1.29 is 9.84 Å². The number of aliphatic hydroxyl groups is 1. The van der Waals surface area contributed by atoms with E-state index in [1.807, 2.05) is 0 Å². The fourth-order valence-electron chi connectivity index (χ4n) is 1.48. The molecule has 1 aliphatic rings. The summed E-state index contributed by atoms with van der Waals surface area (Å²) in [6, 6.07) is -0.198. The van der Waals surface area contributed by atoms with Crippen molar-refractivity contribution in [1.82, 2.24) is 15.2 Å². The Bertz CT molecular complexity index is 377. The van der Waals surface area contributed by atoms with E-state index in [4.69, 9.17) is 16.3 Å². The maximum Gasteiger partial charge on any atom is 0.243 e. The summed E-state index contributed by atoms with van der Waals surface area (Å²) in [4.78, 5) is 4.12. The van der Waals surface area contributed by atoms with E-state index >= 15 is 0 Å². The Morgan fingerprint density at radius 1 is 1.50 bits per heavy atom. The molecule has 6 nitrogen and oxygen atoms in total. The number of anilines is 1. The highest BCUT2D eigenvalue weighted by molar-refractivity contribution is 6.29. The van der Waals surface area contributed by atoms with Crippen LogP contribution in [-0.4, -0.2) is 45.6 Å². The van der Waals surface area contributed by atoms with Gasteiger partial charge in [0, 0.05) is 6.61 Å². The molecule has 16 heavy (non-hydrogen) atoms. The van der Waals surface area contributed by atoms with Crippen molar-refractivity contribution in [2.24, 2.45) is 0 Å². The first-order valence-electron chi connectivity index (χ1n) is 5.06. The maximum absolute atomic E-state index is 9.71. The number of rotatable bonds is 2. The quantitative estimate of drug-likeness (QED) is 0.784. The Morgan fingerprint density at radius 3 is 3.00 bits per heavy atom. The minimum Gasteiger partial charge on any atom is -0.391 e. The molecule has 0 unspecified atom stereocenters. The number of aliphatic hydroxyl groups excluding tert-OH is 1. The Hall–Kier alpha value is -0.980. The van der Waals surface area contributed by atoms with Crippen LogP contribution in [0.2, 0.25) is 5.15 Å². The van der Waals surface area contributed by atoms with Crippen LogP contribution in [0, 0.1) is 6.92 Å². The molecular formula is C9H13ClN4O2. The summed E-state index contributed by atoms with van der Waals surface area (Å²) in [7, 11) is 0. The molecule has 0 spiro atoms. The first kappa shape index (κ1) is 11.5. The van der Waals surface area contributed by atoms with Crippen LogP contribution in [0.25, 0.3) is 0 Å². The molecule has 2 rings (SSSR count). The molecule has 1 aliphatic heterocycles. The third-order valence-electron chi connectivity index (χ3n) is 2.44. The zero-order valence-electron chi connectivity index (χ0n) is 8.85. The molecular weight excluding hydrogens is 232 g/mol. The number of aryl methyl sites for hydroxylation is 1. The standard InChI is InChI=1S/C9H13ClN4O2/c1-5-8(10)13-14-9(11-5)12-6-4-16-3-2-7(6)15/h6-7,15H,2-4H2,1H3,(H,11,12,14)/t6-,7-/m1/s1. The highest BCUT2D eigenvalue weighted by Crippen LogP contribution is 2.13. The van der Waals surface area contributed by atoms with Crippen LogP contribution in [-0.2, 0) is 4.74 Å². The number of nitrogens with zero attached hydrogens (tertiary/aromatic N) is 3. The number of aromatic nitrogens is 3. The van der Waals surface area contributed by atoms with Crippen LogP contribution >= 0.6 is 11.6 Å². The summed E-state index contributed by atoms with van der Waals surface area (Å²) >= 11 is 5.71. The lowest BCUT2D eigenvalue weighted by atomic mass is 10.1. The number of nitrogens with one attached hydrogen (secondary N) is 1. The molecule has 0 aromatic carbocycles. The number of hydrogen-bond acceptors (Lipinski definition) is 6. The van der Waals surface area contributed by atoms with Crippen molar-refractivity contribution >= 4 is 17.5 Å². The van der Waals surface area contributed by atoms with Crippen molar-refractivity contribution in [3.05, 3.63) is 10.8 Å². The van der Waals surface area contributed by atoms with Crippen LogP contribution in [0.4, 0.5) is 5.95 Å². The molecule has 2 N–H and O–H groups in total. The maximum atomic E-state index is 9.71. The minimum absolute atomic E-state index is 0.198. The SMILES string of the molecule is Cc1nc(N[C@@H]2COCC[C@H]2O)nnc1Cl. The second-order valence-electron chi connectivity index (χ2n) is 3.69. The van der Waals surface area contributed by atoms with Gasteiger partial charge in [-0.3, -0.25) is 0 Å².